The first-order chi connectivity index (χ1) is 15.0. The van der Waals surface area contributed by atoms with Crippen LogP contribution in [0.25, 0.3) is 10.2 Å². The monoisotopic (exact) mass is 575 g/mol. The number of hydrogen-bond acceptors (Lipinski definition) is 6. The third-order valence-corrected chi connectivity index (χ3v) is 7.37. The number of aromatic hydroxyl groups is 1. The number of carbonyl (C=O) groups is 1. The quantitative estimate of drug-likeness (QED) is 0.191. The van der Waals surface area contributed by atoms with Crippen LogP contribution in [0.5, 0.6) is 5.75 Å². The van der Waals surface area contributed by atoms with Crippen molar-refractivity contribution in [2.45, 2.75) is 4.34 Å². The Balaban J connectivity index is 1.44. The summed E-state index contributed by atoms with van der Waals surface area (Å²) in [6.07, 6.45) is 1.62. The molecule has 1 amide bonds. The molecule has 31 heavy (non-hydrogen) atoms. The molecule has 5 nitrogen and oxygen atoms in total. The van der Waals surface area contributed by atoms with Crippen LogP contribution in [0, 0.1) is 0 Å². The predicted octanol–water partition coefficient (Wildman–Crippen LogP) is 7.01. The number of aromatic nitrogens is 1. The maximum atomic E-state index is 12.1. The standard InChI is InChI=1S/C22H15Br2N3O2S2/c23-14-8-13(21(29)17(24)9-14)11-25-16-6-7-18-19(10-16)31-22(27-18)30-12-20(28)26-15-4-2-1-3-5-15/h1-11,29H,12H2,(H,26,28). The van der Waals surface area contributed by atoms with E-state index in [1.807, 2.05) is 48.5 Å². The van der Waals surface area contributed by atoms with Crippen LogP contribution in [0.4, 0.5) is 11.4 Å². The van der Waals surface area contributed by atoms with Crippen LogP contribution in [0.1, 0.15) is 5.56 Å². The number of thioether (sulfide) groups is 1. The molecule has 9 heteroatoms. The van der Waals surface area contributed by atoms with E-state index in [2.05, 4.69) is 47.2 Å². The number of aliphatic imine (C=N–C) groups is 1. The average molecular weight is 577 g/mol. The summed E-state index contributed by atoms with van der Waals surface area (Å²) in [7, 11) is 0. The Morgan fingerprint density at radius 3 is 2.77 bits per heavy atom. The van der Waals surface area contributed by atoms with E-state index in [-0.39, 0.29) is 17.4 Å². The molecule has 0 radical (unpaired) electrons. The lowest BCUT2D eigenvalue weighted by Gasteiger charge is -2.03. The Morgan fingerprint density at radius 2 is 1.97 bits per heavy atom. The van der Waals surface area contributed by atoms with E-state index in [0.717, 1.165) is 30.4 Å². The van der Waals surface area contributed by atoms with Gasteiger partial charge >= 0.3 is 0 Å². The van der Waals surface area contributed by atoms with Crippen LogP contribution in [-0.4, -0.2) is 28.0 Å². The number of nitrogens with zero attached hydrogens (tertiary/aromatic N) is 2. The van der Waals surface area contributed by atoms with Crippen molar-refractivity contribution in [2.75, 3.05) is 11.1 Å². The minimum absolute atomic E-state index is 0.0688. The van der Waals surface area contributed by atoms with E-state index in [4.69, 9.17) is 0 Å². The van der Waals surface area contributed by atoms with E-state index >= 15 is 0 Å². The molecule has 0 fully saturated rings. The molecule has 0 aliphatic heterocycles. The molecule has 0 saturated carbocycles. The van der Waals surface area contributed by atoms with Crippen LogP contribution in [0.2, 0.25) is 0 Å². The fraction of sp³-hybridized carbons (Fsp3) is 0.0455. The van der Waals surface area contributed by atoms with Crippen LogP contribution >= 0.6 is 55.0 Å². The molecule has 0 bridgehead atoms. The number of rotatable bonds is 6. The topological polar surface area (TPSA) is 74.6 Å². The molecular formula is C22H15Br2N3O2S2. The second kappa shape index (κ2) is 9.95. The molecule has 0 aliphatic rings. The highest BCUT2D eigenvalue weighted by atomic mass is 79.9. The van der Waals surface area contributed by atoms with Crippen LogP contribution in [0.3, 0.4) is 0 Å². The van der Waals surface area contributed by atoms with Crippen molar-refractivity contribution in [3.05, 3.63) is 75.2 Å². The van der Waals surface area contributed by atoms with Gasteiger partial charge in [0.1, 0.15) is 5.75 Å². The highest BCUT2D eigenvalue weighted by molar-refractivity contribution is 9.11. The van der Waals surface area contributed by atoms with Gasteiger partial charge < -0.3 is 10.4 Å². The van der Waals surface area contributed by atoms with E-state index in [9.17, 15) is 9.90 Å². The van der Waals surface area contributed by atoms with E-state index in [1.54, 1.807) is 18.3 Å². The molecule has 0 saturated heterocycles. The number of para-hydroxylation sites is 1. The van der Waals surface area contributed by atoms with Gasteiger partial charge in [0.05, 0.1) is 26.1 Å². The second-order valence-electron chi connectivity index (χ2n) is 6.42. The van der Waals surface area contributed by atoms with E-state index in [0.29, 0.717) is 10.0 Å². The first kappa shape index (κ1) is 22.0. The molecule has 0 unspecified atom stereocenters. The zero-order valence-corrected chi connectivity index (χ0v) is 20.7. The van der Waals surface area contributed by atoms with Crippen LogP contribution in [0.15, 0.2) is 78.9 Å². The van der Waals surface area contributed by atoms with Gasteiger partial charge in [-0.1, -0.05) is 45.9 Å². The maximum absolute atomic E-state index is 12.1. The lowest BCUT2D eigenvalue weighted by molar-refractivity contribution is -0.113. The summed E-state index contributed by atoms with van der Waals surface area (Å²) in [5.41, 5.74) is 3.00. The van der Waals surface area contributed by atoms with Crippen molar-refractivity contribution >= 4 is 88.7 Å². The third kappa shape index (κ3) is 5.74. The van der Waals surface area contributed by atoms with Crippen molar-refractivity contribution < 1.29 is 9.90 Å². The molecule has 0 atom stereocenters. The van der Waals surface area contributed by atoms with Crippen LogP contribution < -0.4 is 5.32 Å². The van der Waals surface area contributed by atoms with Gasteiger partial charge in [-0.2, -0.15) is 0 Å². The van der Waals surface area contributed by atoms with Gasteiger partial charge in [0.2, 0.25) is 5.91 Å². The van der Waals surface area contributed by atoms with Crippen molar-refractivity contribution in [1.29, 1.82) is 0 Å². The number of phenolic OH excluding ortho intramolecular Hbond substituents is 1. The van der Waals surface area contributed by atoms with Gasteiger partial charge in [0.15, 0.2) is 4.34 Å². The molecule has 0 spiro atoms. The summed E-state index contributed by atoms with van der Waals surface area (Å²) in [6, 6.07) is 18.7. The molecule has 4 aromatic rings. The fourth-order valence-corrected chi connectivity index (χ4v) is 5.87. The number of thiazole rings is 1. The van der Waals surface area contributed by atoms with Crippen molar-refractivity contribution in [3.63, 3.8) is 0 Å². The summed E-state index contributed by atoms with van der Waals surface area (Å²) in [4.78, 5) is 21.2. The summed E-state index contributed by atoms with van der Waals surface area (Å²) in [6.45, 7) is 0. The number of nitrogens with one attached hydrogen (secondary N) is 1. The molecule has 1 heterocycles. The molecule has 1 aromatic heterocycles. The normalized spacial score (nSPS) is 11.3. The fourth-order valence-electron chi connectivity index (χ4n) is 2.71. The van der Waals surface area contributed by atoms with Gasteiger partial charge in [0, 0.05) is 21.9 Å². The van der Waals surface area contributed by atoms with Crippen LogP contribution in [-0.2, 0) is 4.79 Å². The highest BCUT2D eigenvalue weighted by Gasteiger charge is 2.09. The van der Waals surface area contributed by atoms with Gasteiger partial charge in [-0.05, 0) is 58.4 Å². The Bertz CT molecular complexity index is 1280. The van der Waals surface area contributed by atoms with Gasteiger partial charge in [0.25, 0.3) is 0 Å². The predicted molar refractivity (Wildman–Crippen MR) is 136 cm³/mol. The van der Waals surface area contributed by atoms with Gasteiger partial charge in [-0.25, -0.2) is 4.98 Å². The lowest BCUT2D eigenvalue weighted by Crippen LogP contribution is -2.13. The number of halogens is 2. The number of benzene rings is 3. The first-order valence-electron chi connectivity index (χ1n) is 9.08. The van der Waals surface area contributed by atoms with Crippen molar-refractivity contribution in [1.82, 2.24) is 4.98 Å². The van der Waals surface area contributed by atoms with Gasteiger partial charge in [-0.3, -0.25) is 9.79 Å². The minimum Gasteiger partial charge on any atom is -0.506 e. The summed E-state index contributed by atoms with van der Waals surface area (Å²) in [5.74, 6) is 0.357. The molecule has 4 rings (SSSR count). The molecule has 0 aliphatic carbocycles. The van der Waals surface area contributed by atoms with E-state index < -0.39 is 0 Å². The average Bonchev–Trinajstić information content (AvgIpc) is 3.17. The largest absolute Gasteiger partial charge is 0.506 e. The number of amides is 1. The van der Waals surface area contributed by atoms with Gasteiger partial charge in [-0.15, -0.1) is 11.3 Å². The zero-order valence-electron chi connectivity index (χ0n) is 15.9. The second-order valence-corrected chi connectivity index (χ2v) is 10.4. The number of phenols is 1. The van der Waals surface area contributed by atoms with Crippen molar-refractivity contribution in [3.8, 4) is 5.75 Å². The minimum atomic E-state index is -0.0688. The lowest BCUT2D eigenvalue weighted by atomic mass is 10.2. The van der Waals surface area contributed by atoms with Crippen molar-refractivity contribution in [2.24, 2.45) is 4.99 Å². The molecular weight excluding hydrogens is 562 g/mol. The molecule has 156 valence electrons. The number of hydrogen-bond donors (Lipinski definition) is 2. The summed E-state index contributed by atoms with van der Waals surface area (Å²) >= 11 is 9.67. The Morgan fingerprint density at radius 1 is 1.16 bits per heavy atom. The SMILES string of the molecule is O=C(CSc1nc2ccc(N=Cc3cc(Br)cc(Br)c3O)cc2s1)Nc1ccccc1. The summed E-state index contributed by atoms with van der Waals surface area (Å²) < 4.78 is 3.25. The molecule has 2 N–H and O–H groups in total. The number of carbonyl (C=O) groups excluding carboxylic acids is 1. The number of anilines is 1. The zero-order chi connectivity index (χ0) is 21.8. The Kier molecular flexibility index (Phi) is 7.06. The molecule has 3 aromatic carbocycles. The Hall–Kier alpha value is -2.20. The first-order valence-corrected chi connectivity index (χ1v) is 12.5. The Labute approximate surface area is 203 Å². The maximum Gasteiger partial charge on any atom is 0.234 e. The highest BCUT2D eigenvalue weighted by Crippen LogP contribution is 2.33. The third-order valence-electron chi connectivity index (χ3n) is 4.15. The smallest absolute Gasteiger partial charge is 0.234 e. The van der Waals surface area contributed by atoms with E-state index in [1.165, 1.54) is 23.1 Å². The summed E-state index contributed by atoms with van der Waals surface area (Å²) in [5, 5.41) is 13.0. The number of fused-ring (bicyclic) bond motifs is 1.